The number of hydrogen-bond donors (Lipinski definition) is 4. The summed E-state index contributed by atoms with van der Waals surface area (Å²) in [6, 6.07) is 0. The molecule has 0 bridgehead atoms. The van der Waals surface area contributed by atoms with E-state index in [-0.39, 0.29) is 12.3 Å². The predicted octanol–water partition coefficient (Wildman–Crippen LogP) is -1.36. The maximum atomic E-state index is 9.33. The van der Waals surface area contributed by atoms with Gasteiger partial charge in [-0.3, -0.25) is 0 Å². The average molecular weight is 174 g/mol. The highest BCUT2D eigenvalue weighted by Gasteiger charge is 2.40. The van der Waals surface area contributed by atoms with E-state index < -0.39 is 24.4 Å². The molecule has 12 heavy (non-hydrogen) atoms. The van der Waals surface area contributed by atoms with Crippen LogP contribution >= 0.6 is 0 Å². The Morgan fingerprint density at radius 2 is 1.58 bits per heavy atom. The molecule has 0 aromatic carbocycles. The van der Waals surface area contributed by atoms with E-state index in [1.54, 1.807) is 0 Å². The summed E-state index contributed by atoms with van der Waals surface area (Å²) in [6.07, 6.45) is -2.83. The van der Waals surface area contributed by atoms with Crippen LogP contribution in [0.1, 0.15) is 6.42 Å². The van der Waals surface area contributed by atoms with Gasteiger partial charge in [0, 0.05) is 5.92 Å². The molecule has 0 spiro atoms. The number of hydrogen-bond acceptors (Lipinski definition) is 4. The summed E-state index contributed by atoms with van der Waals surface area (Å²) >= 11 is 0. The van der Waals surface area contributed by atoms with Crippen molar-refractivity contribution in [2.24, 2.45) is 5.92 Å². The first kappa shape index (κ1) is 9.67. The van der Waals surface area contributed by atoms with Gasteiger partial charge in [-0.15, -0.1) is 6.58 Å². The summed E-state index contributed by atoms with van der Waals surface area (Å²) in [7, 11) is 0. The predicted molar refractivity (Wildman–Crippen MR) is 42.3 cm³/mol. The Kier molecular flexibility index (Phi) is 2.85. The van der Waals surface area contributed by atoms with Gasteiger partial charge in [-0.2, -0.15) is 0 Å². The molecule has 0 amide bonds. The third kappa shape index (κ3) is 1.51. The summed E-state index contributed by atoms with van der Waals surface area (Å²) < 4.78 is 0. The van der Waals surface area contributed by atoms with Crippen LogP contribution in [0.3, 0.4) is 0 Å². The van der Waals surface area contributed by atoms with E-state index in [4.69, 9.17) is 5.11 Å². The second-order valence-corrected chi connectivity index (χ2v) is 3.17. The van der Waals surface area contributed by atoms with Crippen molar-refractivity contribution >= 4 is 0 Å². The van der Waals surface area contributed by atoms with Gasteiger partial charge in [-0.1, -0.05) is 6.08 Å². The van der Waals surface area contributed by atoms with Crippen LogP contribution in [-0.2, 0) is 0 Å². The molecule has 1 rings (SSSR count). The van der Waals surface area contributed by atoms with Crippen LogP contribution in [-0.4, -0.2) is 44.8 Å². The molecule has 0 aromatic rings. The van der Waals surface area contributed by atoms with Crippen molar-refractivity contribution < 1.29 is 20.4 Å². The molecule has 4 N–H and O–H groups in total. The quantitative estimate of drug-likeness (QED) is 0.370. The molecule has 4 heteroatoms. The fraction of sp³-hybridized carbons (Fsp3) is 0.750. The average Bonchev–Trinajstić information content (AvgIpc) is 2.08. The van der Waals surface area contributed by atoms with Crippen LogP contribution in [0, 0.1) is 5.92 Å². The van der Waals surface area contributed by atoms with Crippen LogP contribution in [0.4, 0.5) is 0 Å². The van der Waals surface area contributed by atoms with Crippen LogP contribution in [0.5, 0.6) is 0 Å². The standard InChI is InChI=1S/C8H14O4/c1-2-4-3-5(9)7(11)8(12)6(4)10/h2,4-12H,1,3H2/t4-,5+,6-,7-,8-/m1/s1. The summed E-state index contributed by atoms with van der Waals surface area (Å²) in [6.45, 7) is 3.46. The van der Waals surface area contributed by atoms with E-state index in [2.05, 4.69) is 6.58 Å². The summed E-state index contributed by atoms with van der Waals surface area (Å²) in [5, 5.41) is 36.9. The minimum absolute atomic E-state index is 0.239. The van der Waals surface area contributed by atoms with Gasteiger partial charge in [0.15, 0.2) is 0 Å². The van der Waals surface area contributed by atoms with Gasteiger partial charge >= 0.3 is 0 Å². The van der Waals surface area contributed by atoms with Crippen molar-refractivity contribution in [1.29, 1.82) is 0 Å². The second-order valence-electron chi connectivity index (χ2n) is 3.17. The molecule has 70 valence electrons. The molecule has 1 saturated carbocycles. The maximum absolute atomic E-state index is 9.33. The van der Waals surface area contributed by atoms with Crippen LogP contribution in [0.2, 0.25) is 0 Å². The second kappa shape index (κ2) is 3.53. The lowest BCUT2D eigenvalue weighted by atomic mass is 9.81. The Morgan fingerprint density at radius 1 is 1.00 bits per heavy atom. The zero-order valence-corrected chi connectivity index (χ0v) is 6.67. The Labute approximate surface area is 70.8 Å². The molecular weight excluding hydrogens is 160 g/mol. The summed E-state index contributed by atoms with van der Waals surface area (Å²) in [5.74, 6) is -0.349. The third-order valence-electron chi connectivity index (χ3n) is 2.35. The van der Waals surface area contributed by atoms with Crippen LogP contribution in [0.15, 0.2) is 12.7 Å². The zero-order chi connectivity index (χ0) is 9.30. The molecular formula is C8H14O4. The fourth-order valence-electron chi connectivity index (χ4n) is 1.48. The molecule has 1 fully saturated rings. The van der Waals surface area contributed by atoms with Gasteiger partial charge in [0.1, 0.15) is 12.2 Å². The smallest absolute Gasteiger partial charge is 0.109 e. The van der Waals surface area contributed by atoms with Crippen LogP contribution in [0.25, 0.3) is 0 Å². The lowest BCUT2D eigenvalue weighted by Crippen LogP contribution is -2.52. The molecule has 0 saturated heterocycles. The number of aliphatic hydroxyl groups excluding tert-OH is 4. The molecule has 0 aliphatic heterocycles. The zero-order valence-electron chi connectivity index (χ0n) is 6.67. The van der Waals surface area contributed by atoms with Crippen molar-refractivity contribution in [2.45, 2.75) is 30.8 Å². The van der Waals surface area contributed by atoms with E-state index in [1.807, 2.05) is 0 Å². The van der Waals surface area contributed by atoms with Gasteiger partial charge in [0.2, 0.25) is 0 Å². The topological polar surface area (TPSA) is 80.9 Å². The van der Waals surface area contributed by atoms with Crippen LogP contribution < -0.4 is 0 Å². The third-order valence-corrected chi connectivity index (χ3v) is 2.35. The van der Waals surface area contributed by atoms with Crippen molar-refractivity contribution in [2.75, 3.05) is 0 Å². The maximum Gasteiger partial charge on any atom is 0.109 e. The van der Waals surface area contributed by atoms with E-state index in [1.165, 1.54) is 6.08 Å². The molecule has 1 aliphatic rings. The molecule has 4 nitrogen and oxygen atoms in total. The highest BCUT2D eigenvalue weighted by atomic mass is 16.4. The largest absolute Gasteiger partial charge is 0.390 e. The molecule has 0 heterocycles. The number of aliphatic hydroxyl groups is 4. The molecule has 1 aliphatic carbocycles. The van der Waals surface area contributed by atoms with E-state index in [0.29, 0.717) is 0 Å². The van der Waals surface area contributed by atoms with Crippen molar-refractivity contribution in [3.63, 3.8) is 0 Å². The Balaban J connectivity index is 2.70. The first-order valence-electron chi connectivity index (χ1n) is 3.92. The lowest BCUT2D eigenvalue weighted by Gasteiger charge is -2.36. The van der Waals surface area contributed by atoms with Crippen molar-refractivity contribution in [3.8, 4) is 0 Å². The van der Waals surface area contributed by atoms with Gasteiger partial charge in [-0.25, -0.2) is 0 Å². The summed E-state index contributed by atoms with van der Waals surface area (Å²) in [4.78, 5) is 0. The molecule has 0 aromatic heterocycles. The van der Waals surface area contributed by atoms with Gasteiger partial charge in [0.05, 0.1) is 12.2 Å². The highest BCUT2D eigenvalue weighted by molar-refractivity contribution is 4.98. The molecule has 0 unspecified atom stereocenters. The Hall–Kier alpha value is -0.420. The fourth-order valence-corrected chi connectivity index (χ4v) is 1.48. The number of rotatable bonds is 1. The minimum Gasteiger partial charge on any atom is -0.390 e. The Morgan fingerprint density at radius 3 is 2.08 bits per heavy atom. The van der Waals surface area contributed by atoms with E-state index >= 15 is 0 Å². The van der Waals surface area contributed by atoms with E-state index in [9.17, 15) is 15.3 Å². The highest BCUT2D eigenvalue weighted by Crippen LogP contribution is 2.26. The molecule has 5 atom stereocenters. The van der Waals surface area contributed by atoms with Gasteiger partial charge < -0.3 is 20.4 Å². The first-order chi connectivity index (χ1) is 5.57. The Bertz CT molecular complexity index is 170. The van der Waals surface area contributed by atoms with Gasteiger partial charge in [0.25, 0.3) is 0 Å². The van der Waals surface area contributed by atoms with Crippen molar-refractivity contribution in [3.05, 3.63) is 12.7 Å². The van der Waals surface area contributed by atoms with Gasteiger partial charge in [-0.05, 0) is 6.42 Å². The monoisotopic (exact) mass is 174 g/mol. The SMILES string of the molecule is C=C[C@@H]1C[C@H](O)[C@@H](O)[C@H](O)[C@@H]1O. The minimum atomic E-state index is -1.28. The molecule has 0 radical (unpaired) electrons. The van der Waals surface area contributed by atoms with Crippen molar-refractivity contribution in [1.82, 2.24) is 0 Å². The summed E-state index contributed by atoms with van der Waals surface area (Å²) in [5.41, 5.74) is 0. The lowest BCUT2D eigenvalue weighted by molar-refractivity contribution is -0.149. The first-order valence-corrected chi connectivity index (χ1v) is 3.92. The van der Waals surface area contributed by atoms with E-state index in [0.717, 1.165) is 0 Å². The normalized spacial score (nSPS) is 48.8.